The Kier molecular flexibility index (Phi) is 3.63. The second-order valence-corrected chi connectivity index (χ2v) is 6.60. The Hall–Kier alpha value is -0.870. The van der Waals surface area contributed by atoms with E-state index in [4.69, 9.17) is 4.84 Å². The fraction of sp³-hybridized carbons (Fsp3) is 0.533. The smallest absolute Gasteiger partial charge is 0.146 e. The third-order valence-corrected chi connectivity index (χ3v) is 4.53. The first-order valence-electron chi connectivity index (χ1n) is 6.84. The summed E-state index contributed by atoms with van der Waals surface area (Å²) in [5.74, 6) is 0. The molecule has 0 radical (unpaired) electrons. The molecule has 0 atom stereocenters. The average molecular weight is 323 g/mol. The molecule has 0 saturated carbocycles. The molecular formula is C15H19BrN2O. The summed E-state index contributed by atoms with van der Waals surface area (Å²) in [7, 11) is 0. The summed E-state index contributed by atoms with van der Waals surface area (Å²) in [5.41, 5.74) is 2.69. The Balaban J connectivity index is 1.55. The van der Waals surface area contributed by atoms with Crippen molar-refractivity contribution in [2.75, 3.05) is 13.1 Å². The van der Waals surface area contributed by atoms with Crippen molar-refractivity contribution in [1.82, 2.24) is 4.90 Å². The van der Waals surface area contributed by atoms with Crippen molar-refractivity contribution >= 4 is 20.6 Å². The lowest BCUT2D eigenvalue weighted by molar-refractivity contribution is -0.0627. The molecule has 0 bridgehead atoms. The molecule has 1 spiro atoms. The van der Waals surface area contributed by atoms with Gasteiger partial charge in [0.25, 0.3) is 0 Å². The van der Waals surface area contributed by atoms with Gasteiger partial charge in [-0.15, -0.1) is 0 Å². The number of benzene rings is 1. The van der Waals surface area contributed by atoms with Crippen molar-refractivity contribution in [3.63, 3.8) is 0 Å². The van der Waals surface area contributed by atoms with Crippen LogP contribution in [0, 0.1) is 6.92 Å². The minimum Gasteiger partial charge on any atom is -0.388 e. The van der Waals surface area contributed by atoms with Crippen LogP contribution in [0.25, 0.3) is 0 Å². The van der Waals surface area contributed by atoms with Crippen LogP contribution in [0.2, 0.25) is 0 Å². The Morgan fingerprint density at radius 3 is 2.53 bits per heavy atom. The highest BCUT2D eigenvalue weighted by molar-refractivity contribution is 9.18. The number of piperidine rings is 1. The van der Waals surface area contributed by atoms with Gasteiger partial charge >= 0.3 is 0 Å². The topological polar surface area (TPSA) is 24.8 Å². The van der Waals surface area contributed by atoms with E-state index in [1.807, 2.05) is 0 Å². The molecule has 3 nitrogen and oxygen atoms in total. The number of hydrogen-bond donors (Lipinski definition) is 0. The number of oxime groups is 1. The van der Waals surface area contributed by atoms with Gasteiger partial charge in [-0.05, 0) is 28.4 Å². The molecule has 0 aliphatic carbocycles. The number of likely N-dealkylation sites (tertiary alicyclic amines) is 1. The van der Waals surface area contributed by atoms with Gasteiger partial charge in [-0.3, -0.25) is 4.90 Å². The number of nitrogens with zero attached hydrogens (tertiary/aromatic N) is 2. The quantitative estimate of drug-likeness (QED) is 0.833. The Morgan fingerprint density at radius 1 is 1.26 bits per heavy atom. The van der Waals surface area contributed by atoms with E-state index in [0.29, 0.717) is 0 Å². The van der Waals surface area contributed by atoms with Crippen molar-refractivity contribution in [3.8, 4) is 0 Å². The first-order valence-corrected chi connectivity index (χ1v) is 7.63. The highest BCUT2D eigenvalue weighted by Gasteiger charge is 2.41. The van der Waals surface area contributed by atoms with Gasteiger partial charge in [-0.2, -0.15) is 0 Å². The molecule has 0 aromatic heterocycles. The molecule has 102 valence electrons. The number of rotatable bonds is 2. The molecule has 0 unspecified atom stereocenters. The van der Waals surface area contributed by atoms with Crippen LogP contribution >= 0.6 is 15.9 Å². The zero-order valence-electron chi connectivity index (χ0n) is 11.2. The normalized spacial score (nSPS) is 22.3. The van der Waals surface area contributed by atoms with Crippen LogP contribution in [0.3, 0.4) is 0 Å². The van der Waals surface area contributed by atoms with Crippen LogP contribution in [0.15, 0.2) is 29.4 Å². The minimum absolute atomic E-state index is 0.0252. The predicted octanol–water partition coefficient (Wildman–Crippen LogP) is 3.46. The second kappa shape index (κ2) is 5.25. The molecule has 3 rings (SSSR count). The Bertz CT molecular complexity index is 475. The van der Waals surface area contributed by atoms with Gasteiger partial charge in [0, 0.05) is 38.9 Å². The molecule has 0 N–H and O–H groups in total. The maximum absolute atomic E-state index is 5.62. The highest BCUT2D eigenvalue weighted by Crippen LogP contribution is 2.36. The van der Waals surface area contributed by atoms with Crippen LogP contribution in [0.5, 0.6) is 0 Å². The zero-order chi connectivity index (χ0) is 13.3. The van der Waals surface area contributed by atoms with E-state index in [9.17, 15) is 0 Å². The Morgan fingerprint density at radius 2 is 1.95 bits per heavy atom. The van der Waals surface area contributed by atoms with E-state index in [1.165, 1.54) is 11.1 Å². The van der Waals surface area contributed by atoms with Gasteiger partial charge in [0.2, 0.25) is 0 Å². The van der Waals surface area contributed by atoms with Crippen molar-refractivity contribution in [2.45, 2.75) is 38.3 Å². The van der Waals surface area contributed by atoms with Gasteiger partial charge in [0.15, 0.2) is 0 Å². The number of halogens is 1. The fourth-order valence-corrected chi connectivity index (χ4v) is 3.40. The van der Waals surface area contributed by atoms with E-state index in [1.54, 1.807) is 0 Å². The summed E-state index contributed by atoms with van der Waals surface area (Å²) in [6.07, 6.45) is 3.07. The van der Waals surface area contributed by atoms with Crippen molar-refractivity contribution in [2.24, 2.45) is 5.16 Å². The highest BCUT2D eigenvalue weighted by atomic mass is 79.9. The lowest BCUT2D eigenvalue weighted by Crippen LogP contribution is -2.44. The molecule has 2 heterocycles. The third-order valence-electron chi connectivity index (χ3n) is 4.10. The summed E-state index contributed by atoms with van der Waals surface area (Å²) in [6.45, 7) is 5.34. The Labute approximate surface area is 122 Å². The fourth-order valence-electron chi connectivity index (χ4n) is 2.82. The maximum atomic E-state index is 5.62. The minimum atomic E-state index is -0.0252. The molecular weight excluding hydrogens is 304 g/mol. The standard InChI is InChI=1S/C15H19BrN2O/c1-12-2-4-13(5-3-12)11-18-8-6-15(7-9-18)10-14(16)17-19-15/h2-5H,6-11H2,1H3. The molecule has 1 saturated heterocycles. The lowest BCUT2D eigenvalue weighted by atomic mass is 9.89. The van der Waals surface area contributed by atoms with Crippen molar-refractivity contribution in [1.29, 1.82) is 0 Å². The zero-order valence-corrected chi connectivity index (χ0v) is 12.8. The third kappa shape index (κ3) is 3.00. The molecule has 4 heteroatoms. The molecule has 2 aliphatic rings. The average Bonchev–Trinajstić information content (AvgIpc) is 2.77. The van der Waals surface area contributed by atoms with E-state index < -0.39 is 0 Å². The number of aryl methyl sites for hydroxylation is 1. The van der Waals surface area contributed by atoms with E-state index in [2.05, 4.69) is 57.2 Å². The summed E-state index contributed by atoms with van der Waals surface area (Å²) >= 11 is 3.44. The van der Waals surface area contributed by atoms with Crippen LogP contribution in [-0.4, -0.2) is 28.2 Å². The van der Waals surface area contributed by atoms with E-state index in [-0.39, 0.29) is 5.60 Å². The van der Waals surface area contributed by atoms with Gasteiger partial charge in [0.05, 0.1) is 0 Å². The van der Waals surface area contributed by atoms with Crippen LogP contribution in [0.1, 0.15) is 30.4 Å². The molecule has 1 fully saturated rings. The first-order chi connectivity index (χ1) is 9.15. The molecule has 1 aromatic rings. The molecule has 19 heavy (non-hydrogen) atoms. The van der Waals surface area contributed by atoms with Gasteiger partial charge in [-0.1, -0.05) is 35.0 Å². The predicted molar refractivity (Wildman–Crippen MR) is 80.5 cm³/mol. The summed E-state index contributed by atoms with van der Waals surface area (Å²) < 4.78 is 0.958. The van der Waals surface area contributed by atoms with Crippen molar-refractivity contribution < 1.29 is 4.84 Å². The largest absolute Gasteiger partial charge is 0.388 e. The SMILES string of the molecule is Cc1ccc(CN2CCC3(CC2)CC(Br)=NO3)cc1. The summed E-state index contributed by atoms with van der Waals surface area (Å²) in [6, 6.07) is 8.83. The van der Waals surface area contributed by atoms with Crippen LogP contribution in [0.4, 0.5) is 0 Å². The summed E-state index contributed by atoms with van der Waals surface area (Å²) in [5, 5.41) is 4.05. The van der Waals surface area contributed by atoms with Gasteiger partial charge in [0.1, 0.15) is 10.2 Å². The lowest BCUT2D eigenvalue weighted by Gasteiger charge is -2.37. The van der Waals surface area contributed by atoms with Gasteiger partial charge < -0.3 is 4.84 Å². The number of hydrogen-bond acceptors (Lipinski definition) is 3. The van der Waals surface area contributed by atoms with Crippen molar-refractivity contribution in [3.05, 3.63) is 35.4 Å². The van der Waals surface area contributed by atoms with E-state index in [0.717, 1.165) is 43.5 Å². The molecule has 1 aromatic carbocycles. The molecule has 0 amide bonds. The van der Waals surface area contributed by atoms with Crippen LogP contribution < -0.4 is 0 Å². The molecule has 2 aliphatic heterocycles. The van der Waals surface area contributed by atoms with Gasteiger partial charge in [-0.25, -0.2) is 0 Å². The van der Waals surface area contributed by atoms with E-state index >= 15 is 0 Å². The second-order valence-electron chi connectivity index (χ2n) is 5.68. The monoisotopic (exact) mass is 322 g/mol. The van der Waals surface area contributed by atoms with Crippen LogP contribution in [-0.2, 0) is 11.4 Å². The first kappa shape index (κ1) is 13.1. The maximum Gasteiger partial charge on any atom is 0.146 e. The summed E-state index contributed by atoms with van der Waals surface area (Å²) in [4.78, 5) is 8.13.